The fourth-order valence-corrected chi connectivity index (χ4v) is 2.69. The lowest BCUT2D eigenvalue weighted by Gasteiger charge is -2.33. The van der Waals surface area contributed by atoms with Gasteiger partial charge in [-0.05, 0) is 37.8 Å². The van der Waals surface area contributed by atoms with Gasteiger partial charge in [0.1, 0.15) is 0 Å². The monoisotopic (exact) mass is 283 g/mol. The zero-order chi connectivity index (χ0) is 14.0. The quantitative estimate of drug-likeness (QED) is 0.648. The van der Waals surface area contributed by atoms with Crippen molar-refractivity contribution >= 4 is 17.5 Å². The minimum Gasteiger partial charge on any atom is -0.504 e. The molecule has 4 nitrogen and oxygen atoms in total. The normalized spacial score (nSPS) is 18.3. The SMILES string of the molecule is CC(Cl)C1CCN(C(=O)c2cccc(O)c2O)CC1. The smallest absolute Gasteiger partial charge is 0.257 e. The third-order valence-electron chi connectivity index (χ3n) is 3.72. The summed E-state index contributed by atoms with van der Waals surface area (Å²) >= 11 is 6.07. The van der Waals surface area contributed by atoms with Gasteiger partial charge in [-0.25, -0.2) is 0 Å². The number of nitrogens with zero attached hydrogens (tertiary/aromatic N) is 1. The van der Waals surface area contributed by atoms with Crippen molar-refractivity contribution in [1.29, 1.82) is 0 Å². The molecule has 1 amide bonds. The summed E-state index contributed by atoms with van der Waals surface area (Å²) in [5.74, 6) is -0.423. The third kappa shape index (κ3) is 2.95. The molecule has 0 aromatic heterocycles. The lowest BCUT2D eigenvalue weighted by atomic mass is 9.93. The maximum atomic E-state index is 12.3. The zero-order valence-electron chi connectivity index (χ0n) is 10.8. The molecule has 0 radical (unpaired) electrons. The Morgan fingerprint density at radius 1 is 1.37 bits per heavy atom. The molecular formula is C14H18ClNO3. The van der Waals surface area contributed by atoms with Crippen LogP contribution in [0.2, 0.25) is 0 Å². The Morgan fingerprint density at radius 3 is 2.58 bits per heavy atom. The Balaban J connectivity index is 2.07. The molecule has 0 spiro atoms. The van der Waals surface area contributed by atoms with Gasteiger partial charge < -0.3 is 15.1 Å². The predicted molar refractivity (Wildman–Crippen MR) is 73.7 cm³/mol. The van der Waals surface area contributed by atoms with E-state index in [-0.39, 0.29) is 28.3 Å². The van der Waals surface area contributed by atoms with Gasteiger partial charge in [-0.3, -0.25) is 4.79 Å². The number of aromatic hydroxyl groups is 2. The number of halogens is 1. The highest BCUT2D eigenvalue weighted by atomic mass is 35.5. The van der Waals surface area contributed by atoms with E-state index < -0.39 is 0 Å². The Morgan fingerprint density at radius 2 is 2.00 bits per heavy atom. The van der Waals surface area contributed by atoms with Crippen molar-refractivity contribution in [2.75, 3.05) is 13.1 Å². The average molecular weight is 284 g/mol. The minimum absolute atomic E-state index is 0.117. The van der Waals surface area contributed by atoms with Gasteiger partial charge in [-0.1, -0.05) is 6.07 Å². The number of rotatable bonds is 2. The molecule has 2 N–H and O–H groups in total. The average Bonchev–Trinajstić information content (AvgIpc) is 2.41. The van der Waals surface area contributed by atoms with E-state index in [1.807, 2.05) is 6.92 Å². The molecule has 1 saturated heterocycles. The van der Waals surface area contributed by atoms with E-state index in [9.17, 15) is 15.0 Å². The molecule has 0 aliphatic carbocycles. The highest BCUT2D eigenvalue weighted by Gasteiger charge is 2.27. The Kier molecular flexibility index (Phi) is 4.20. The van der Waals surface area contributed by atoms with E-state index in [1.54, 1.807) is 11.0 Å². The van der Waals surface area contributed by atoms with Crippen molar-refractivity contribution in [1.82, 2.24) is 4.90 Å². The van der Waals surface area contributed by atoms with Gasteiger partial charge in [-0.2, -0.15) is 0 Å². The van der Waals surface area contributed by atoms with Crippen LogP contribution in [0.4, 0.5) is 0 Å². The number of carbonyl (C=O) groups excluding carboxylic acids is 1. The topological polar surface area (TPSA) is 60.8 Å². The molecule has 104 valence electrons. The molecule has 0 saturated carbocycles. The second kappa shape index (κ2) is 5.70. The largest absolute Gasteiger partial charge is 0.504 e. The molecule has 1 atom stereocenters. The Hall–Kier alpha value is -1.42. The van der Waals surface area contributed by atoms with Crippen LogP contribution in [-0.4, -0.2) is 39.5 Å². The number of benzene rings is 1. The van der Waals surface area contributed by atoms with Gasteiger partial charge in [-0.15, -0.1) is 11.6 Å². The number of hydrogen-bond acceptors (Lipinski definition) is 3. The number of amides is 1. The van der Waals surface area contributed by atoms with E-state index >= 15 is 0 Å². The van der Waals surface area contributed by atoms with Crippen LogP contribution in [0.5, 0.6) is 11.5 Å². The summed E-state index contributed by atoms with van der Waals surface area (Å²) < 4.78 is 0. The van der Waals surface area contributed by atoms with Crippen molar-refractivity contribution < 1.29 is 15.0 Å². The second-order valence-corrected chi connectivity index (χ2v) is 5.67. The summed E-state index contributed by atoms with van der Waals surface area (Å²) in [7, 11) is 0. The Labute approximate surface area is 117 Å². The lowest BCUT2D eigenvalue weighted by molar-refractivity contribution is 0.0686. The fraction of sp³-hybridized carbons (Fsp3) is 0.500. The van der Waals surface area contributed by atoms with Crippen molar-refractivity contribution in [2.45, 2.75) is 25.1 Å². The van der Waals surface area contributed by atoms with E-state index in [4.69, 9.17) is 11.6 Å². The number of alkyl halides is 1. The number of para-hydroxylation sites is 1. The first-order valence-electron chi connectivity index (χ1n) is 6.45. The van der Waals surface area contributed by atoms with Gasteiger partial charge in [0.05, 0.1) is 5.56 Å². The van der Waals surface area contributed by atoms with Crippen LogP contribution in [-0.2, 0) is 0 Å². The van der Waals surface area contributed by atoms with Crippen molar-refractivity contribution in [3.8, 4) is 11.5 Å². The zero-order valence-corrected chi connectivity index (χ0v) is 11.6. The number of likely N-dealkylation sites (tertiary alicyclic amines) is 1. The van der Waals surface area contributed by atoms with Crippen molar-refractivity contribution in [3.63, 3.8) is 0 Å². The molecule has 19 heavy (non-hydrogen) atoms. The molecule has 1 aliphatic rings. The summed E-state index contributed by atoms with van der Waals surface area (Å²) in [6.07, 6.45) is 1.74. The number of carbonyl (C=O) groups is 1. The number of piperidine rings is 1. The first-order chi connectivity index (χ1) is 9.00. The standard InChI is InChI=1S/C14H18ClNO3/c1-9(15)10-5-7-16(8-6-10)14(19)11-3-2-4-12(17)13(11)18/h2-4,9-10,17-18H,5-8H2,1H3. The van der Waals surface area contributed by atoms with Crippen molar-refractivity contribution in [2.24, 2.45) is 5.92 Å². The second-order valence-electron chi connectivity index (χ2n) is 4.98. The molecule has 5 heteroatoms. The van der Waals surface area contributed by atoms with Crippen molar-refractivity contribution in [3.05, 3.63) is 23.8 Å². The fourth-order valence-electron chi connectivity index (χ4n) is 2.44. The molecular weight excluding hydrogens is 266 g/mol. The summed E-state index contributed by atoms with van der Waals surface area (Å²) in [6.45, 7) is 3.25. The van der Waals surface area contributed by atoms with Crippen LogP contribution in [0.3, 0.4) is 0 Å². The molecule has 0 bridgehead atoms. The molecule has 1 unspecified atom stereocenters. The summed E-state index contributed by atoms with van der Waals surface area (Å²) in [5, 5.41) is 19.3. The van der Waals surface area contributed by atoms with Crippen LogP contribution in [0.25, 0.3) is 0 Å². The van der Waals surface area contributed by atoms with Crippen LogP contribution in [0.15, 0.2) is 18.2 Å². The number of phenolic OH excluding ortho intramolecular Hbond substituents is 2. The van der Waals surface area contributed by atoms with Gasteiger partial charge in [0, 0.05) is 18.5 Å². The third-order valence-corrected chi connectivity index (χ3v) is 4.08. The van der Waals surface area contributed by atoms with Gasteiger partial charge in [0.2, 0.25) is 0 Å². The molecule has 2 rings (SSSR count). The van der Waals surface area contributed by atoms with Gasteiger partial charge >= 0.3 is 0 Å². The minimum atomic E-state index is -0.347. The van der Waals surface area contributed by atoms with Crippen LogP contribution >= 0.6 is 11.6 Å². The first-order valence-corrected chi connectivity index (χ1v) is 6.88. The van der Waals surface area contributed by atoms with E-state index in [1.165, 1.54) is 12.1 Å². The van der Waals surface area contributed by atoms with Gasteiger partial charge in [0.25, 0.3) is 5.91 Å². The summed E-state index contributed by atoms with van der Waals surface area (Å²) in [6, 6.07) is 4.43. The molecule has 1 heterocycles. The van der Waals surface area contributed by atoms with Gasteiger partial charge in [0.15, 0.2) is 11.5 Å². The number of hydrogen-bond donors (Lipinski definition) is 2. The summed E-state index contributed by atoms with van der Waals surface area (Å²) in [5.41, 5.74) is 0.150. The highest BCUT2D eigenvalue weighted by molar-refractivity contribution is 6.20. The molecule has 1 aromatic carbocycles. The highest BCUT2D eigenvalue weighted by Crippen LogP contribution is 2.31. The van der Waals surface area contributed by atoms with Crippen LogP contribution < -0.4 is 0 Å². The number of phenols is 2. The first kappa shape index (κ1) is 14.0. The van der Waals surface area contributed by atoms with E-state index in [2.05, 4.69) is 0 Å². The summed E-state index contributed by atoms with van der Waals surface area (Å²) in [4.78, 5) is 14.0. The maximum Gasteiger partial charge on any atom is 0.257 e. The van der Waals surface area contributed by atoms with E-state index in [0.29, 0.717) is 19.0 Å². The van der Waals surface area contributed by atoms with Crippen LogP contribution in [0, 0.1) is 5.92 Å². The van der Waals surface area contributed by atoms with Crippen LogP contribution in [0.1, 0.15) is 30.1 Å². The predicted octanol–water partition coefficient (Wildman–Crippen LogP) is 2.58. The molecule has 1 aromatic rings. The molecule has 1 fully saturated rings. The lowest BCUT2D eigenvalue weighted by Crippen LogP contribution is -2.40. The molecule has 1 aliphatic heterocycles. The maximum absolute atomic E-state index is 12.3. The van der Waals surface area contributed by atoms with E-state index in [0.717, 1.165) is 12.8 Å². The Bertz CT molecular complexity index is 468.